The molecule has 1 aromatic carbocycles. The molecule has 7 nitrogen and oxygen atoms in total. The summed E-state index contributed by atoms with van der Waals surface area (Å²) in [6.07, 6.45) is 3.21. The Labute approximate surface area is 219 Å². The van der Waals surface area contributed by atoms with Crippen LogP contribution in [-0.4, -0.2) is 78.9 Å². The van der Waals surface area contributed by atoms with E-state index >= 15 is 0 Å². The summed E-state index contributed by atoms with van der Waals surface area (Å²) in [5.41, 5.74) is 5.68. The van der Waals surface area contributed by atoms with Crippen molar-refractivity contribution in [3.8, 4) is 5.88 Å². The number of ether oxygens (including phenoxy) is 2. The molecule has 1 aliphatic heterocycles. The molecular weight excluding hydrogens is 471 g/mol. The molecule has 0 amide bonds. The predicted octanol–water partition coefficient (Wildman–Crippen LogP) is 4.69. The molecule has 0 unspecified atom stereocenters. The topological polar surface area (TPSA) is 70.7 Å². The lowest BCUT2D eigenvalue weighted by atomic mass is 9.86. The summed E-state index contributed by atoms with van der Waals surface area (Å²) in [7, 11) is 3.41. The van der Waals surface area contributed by atoms with E-state index in [1.807, 2.05) is 27.0 Å². The number of nitrogens with zero attached hydrogens (tertiary/aromatic N) is 3. The highest BCUT2D eigenvalue weighted by atomic mass is 19.1. The molecule has 37 heavy (non-hydrogen) atoms. The Morgan fingerprint density at radius 1 is 1.30 bits per heavy atom. The van der Waals surface area contributed by atoms with E-state index in [0.29, 0.717) is 38.5 Å². The number of fused-ring (bicyclic) bond motifs is 3. The SMILES string of the molecule is COC(=O)[C@H](C)CN1[C@H](c2ccnc(OCCN(C)CCCF)c2C)c2[nH]c3ccccc3c2C[C@H]1C. The first-order valence-corrected chi connectivity index (χ1v) is 13.1. The standard InChI is InChI=1S/C29H39FN4O3/c1-19(29(35)36-5)18-34-20(2)17-24-23-9-6-7-10-25(23)32-26(24)27(34)22-11-13-31-28(21(22)3)37-16-15-33(4)14-8-12-30/h6-7,9-11,13,19-20,27,32H,8,12,14-18H2,1-5H3/t19-,20-,27-/m1/s1. The fourth-order valence-corrected chi connectivity index (χ4v) is 5.43. The minimum atomic E-state index is -0.311. The molecule has 0 saturated carbocycles. The van der Waals surface area contributed by atoms with Gasteiger partial charge in [0.2, 0.25) is 5.88 Å². The van der Waals surface area contributed by atoms with Crippen molar-refractivity contribution in [2.75, 3.05) is 47.1 Å². The van der Waals surface area contributed by atoms with Gasteiger partial charge < -0.3 is 19.4 Å². The first kappa shape index (κ1) is 27.1. The number of hydrogen-bond acceptors (Lipinski definition) is 6. The number of aromatic amines is 1. The zero-order valence-electron chi connectivity index (χ0n) is 22.6. The largest absolute Gasteiger partial charge is 0.476 e. The second-order valence-electron chi connectivity index (χ2n) is 10.2. The highest BCUT2D eigenvalue weighted by Gasteiger charge is 2.38. The Morgan fingerprint density at radius 2 is 2.08 bits per heavy atom. The zero-order chi connectivity index (χ0) is 26.5. The van der Waals surface area contributed by atoms with Gasteiger partial charge in [-0.05, 0) is 57.0 Å². The number of halogens is 1. The first-order chi connectivity index (χ1) is 17.8. The smallest absolute Gasteiger partial charge is 0.309 e. The van der Waals surface area contributed by atoms with E-state index in [0.717, 1.165) is 28.8 Å². The molecule has 1 aliphatic rings. The molecule has 0 spiro atoms. The lowest BCUT2D eigenvalue weighted by Crippen LogP contribution is -2.46. The number of methoxy groups -OCH3 is 1. The van der Waals surface area contributed by atoms with Gasteiger partial charge in [-0.2, -0.15) is 0 Å². The monoisotopic (exact) mass is 510 g/mol. The number of aromatic nitrogens is 2. The van der Waals surface area contributed by atoms with Crippen LogP contribution in [0.15, 0.2) is 36.5 Å². The lowest BCUT2D eigenvalue weighted by Gasteiger charge is -2.42. The highest BCUT2D eigenvalue weighted by Crippen LogP contribution is 2.42. The number of rotatable bonds is 11. The number of nitrogens with one attached hydrogen (secondary N) is 1. The van der Waals surface area contributed by atoms with E-state index in [-0.39, 0.29) is 30.6 Å². The number of esters is 1. The maximum absolute atomic E-state index is 12.5. The molecule has 0 bridgehead atoms. The minimum Gasteiger partial charge on any atom is -0.476 e. The van der Waals surface area contributed by atoms with Crippen LogP contribution in [-0.2, 0) is 16.0 Å². The second-order valence-corrected chi connectivity index (χ2v) is 10.2. The van der Waals surface area contributed by atoms with Crippen LogP contribution in [0.25, 0.3) is 10.9 Å². The van der Waals surface area contributed by atoms with Crippen LogP contribution in [0.1, 0.15) is 48.7 Å². The average molecular weight is 511 g/mol. The Bertz CT molecular complexity index is 1210. The number of carbonyl (C=O) groups is 1. The average Bonchev–Trinajstić information content (AvgIpc) is 3.26. The van der Waals surface area contributed by atoms with Crippen LogP contribution < -0.4 is 4.74 Å². The van der Waals surface area contributed by atoms with Crippen molar-refractivity contribution in [3.05, 3.63) is 58.9 Å². The third-order valence-corrected chi connectivity index (χ3v) is 7.49. The Kier molecular flexibility index (Phi) is 8.82. The van der Waals surface area contributed by atoms with Gasteiger partial charge in [0.05, 0.1) is 25.7 Å². The third kappa shape index (κ3) is 5.80. The van der Waals surface area contributed by atoms with Gasteiger partial charge in [-0.25, -0.2) is 4.98 Å². The summed E-state index contributed by atoms with van der Waals surface area (Å²) in [5.74, 6) is 0.132. The Morgan fingerprint density at radius 3 is 2.84 bits per heavy atom. The summed E-state index contributed by atoms with van der Waals surface area (Å²) < 4.78 is 23.7. The molecular formula is C29H39FN4O3. The maximum Gasteiger partial charge on any atom is 0.309 e. The molecule has 0 saturated heterocycles. The molecule has 2 aromatic heterocycles. The van der Waals surface area contributed by atoms with Gasteiger partial charge >= 0.3 is 5.97 Å². The zero-order valence-corrected chi connectivity index (χ0v) is 22.6. The van der Waals surface area contributed by atoms with E-state index < -0.39 is 0 Å². The van der Waals surface area contributed by atoms with Gasteiger partial charge in [-0.15, -0.1) is 0 Å². The quantitative estimate of drug-likeness (QED) is 0.378. The van der Waals surface area contributed by atoms with Crippen molar-refractivity contribution >= 4 is 16.9 Å². The summed E-state index contributed by atoms with van der Waals surface area (Å²) >= 11 is 0. The van der Waals surface area contributed by atoms with Crippen LogP contribution in [0.2, 0.25) is 0 Å². The van der Waals surface area contributed by atoms with Crippen LogP contribution in [0.4, 0.5) is 4.39 Å². The van der Waals surface area contributed by atoms with Crippen LogP contribution in [0.3, 0.4) is 0 Å². The first-order valence-electron chi connectivity index (χ1n) is 13.1. The number of H-pyrrole nitrogens is 1. The fourth-order valence-electron chi connectivity index (χ4n) is 5.43. The normalized spacial score (nSPS) is 18.7. The predicted molar refractivity (Wildman–Crippen MR) is 144 cm³/mol. The van der Waals surface area contributed by atoms with Gasteiger partial charge in [0, 0.05) is 54.0 Å². The van der Waals surface area contributed by atoms with Crippen LogP contribution >= 0.6 is 0 Å². The number of alkyl halides is 1. The Hall–Kier alpha value is -2.97. The molecule has 3 atom stereocenters. The van der Waals surface area contributed by atoms with Crippen LogP contribution in [0.5, 0.6) is 5.88 Å². The second kappa shape index (κ2) is 12.0. The molecule has 8 heteroatoms. The fraction of sp³-hybridized carbons (Fsp3) is 0.517. The van der Waals surface area contributed by atoms with Crippen molar-refractivity contribution in [1.29, 1.82) is 0 Å². The van der Waals surface area contributed by atoms with Gasteiger partial charge in [-0.3, -0.25) is 14.1 Å². The molecule has 0 fully saturated rings. The van der Waals surface area contributed by atoms with E-state index in [9.17, 15) is 9.18 Å². The number of carbonyl (C=O) groups excluding carboxylic acids is 1. The maximum atomic E-state index is 12.5. The number of likely N-dealkylation sites (N-methyl/N-ethyl adjacent to an activating group) is 1. The van der Waals surface area contributed by atoms with Crippen molar-refractivity contribution < 1.29 is 18.7 Å². The van der Waals surface area contributed by atoms with E-state index in [1.54, 1.807) is 6.20 Å². The number of pyridine rings is 1. The summed E-state index contributed by atoms with van der Waals surface area (Å²) in [6, 6.07) is 10.6. The third-order valence-electron chi connectivity index (χ3n) is 7.49. The molecule has 0 radical (unpaired) electrons. The van der Waals surface area contributed by atoms with Crippen molar-refractivity contribution in [2.45, 2.75) is 45.7 Å². The lowest BCUT2D eigenvalue weighted by molar-refractivity contribution is -0.145. The van der Waals surface area contributed by atoms with E-state index in [4.69, 9.17) is 9.47 Å². The van der Waals surface area contributed by atoms with Gasteiger partial charge in [0.25, 0.3) is 0 Å². The molecule has 3 aromatic rings. The van der Waals surface area contributed by atoms with Gasteiger partial charge in [-0.1, -0.05) is 25.1 Å². The van der Waals surface area contributed by atoms with E-state index in [1.165, 1.54) is 18.1 Å². The van der Waals surface area contributed by atoms with Crippen molar-refractivity contribution in [3.63, 3.8) is 0 Å². The Balaban J connectivity index is 1.69. The molecule has 3 heterocycles. The van der Waals surface area contributed by atoms with Crippen molar-refractivity contribution in [2.24, 2.45) is 5.92 Å². The van der Waals surface area contributed by atoms with E-state index in [2.05, 4.69) is 51.0 Å². The van der Waals surface area contributed by atoms with Crippen molar-refractivity contribution in [1.82, 2.24) is 19.8 Å². The van der Waals surface area contributed by atoms with Gasteiger partial charge in [0.1, 0.15) is 6.61 Å². The van der Waals surface area contributed by atoms with Crippen LogP contribution in [0, 0.1) is 12.8 Å². The minimum absolute atomic E-state index is 0.0872. The number of para-hydroxylation sites is 1. The van der Waals surface area contributed by atoms with Gasteiger partial charge in [0.15, 0.2) is 0 Å². The summed E-state index contributed by atoms with van der Waals surface area (Å²) in [4.78, 5) is 25.1. The number of benzene rings is 1. The summed E-state index contributed by atoms with van der Waals surface area (Å²) in [5, 5.41) is 1.24. The molecule has 200 valence electrons. The number of hydrogen-bond donors (Lipinski definition) is 1. The molecule has 0 aliphatic carbocycles. The molecule has 4 rings (SSSR count). The summed E-state index contributed by atoms with van der Waals surface area (Å²) in [6.45, 7) is 8.32. The molecule has 1 N–H and O–H groups in total. The highest BCUT2D eigenvalue weighted by molar-refractivity contribution is 5.85.